The van der Waals surface area contributed by atoms with E-state index in [2.05, 4.69) is 0 Å². The predicted molar refractivity (Wildman–Crippen MR) is 170 cm³/mol. The number of carbonyl (C=O) groups is 3. The Bertz CT molecular complexity index is 1710. The molecule has 2 bridgehead atoms. The number of piperazine rings is 1. The summed E-state index contributed by atoms with van der Waals surface area (Å²) in [5, 5.41) is 20.1. The van der Waals surface area contributed by atoms with Crippen molar-refractivity contribution in [1.82, 2.24) is 14.7 Å². The van der Waals surface area contributed by atoms with Gasteiger partial charge >= 0.3 is 12.2 Å². The average Bonchev–Trinajstić information content (AvgIpc) is 3.91. The Balaban J connectivity index is 1.26. The topological polar surface area (TPSA) is 111 Å². The number of ether oxygens (including phenoxy) is 1. The first kappa shape index (κ1) is 32.9. The molecule has 0 unspecified atom stereocenters. The first-order valence-corrected chi connectivity index (χ1v) is 16.0. The summed E-state index contributed by atoms with van der Waals surface area (Å²) < 4.78 is 46.5. The fraction of sp³-hybridized carbons (Fsp3) is 0.361. The molecule has 2 aliphatic heterocycles. The molecule has 2 fully saturated rings. The van der Waals surface area contributed by atoms with Gasteiger partial charge in [-0.1, -0.05) is 54.6 Å². The second-order valence-corrected chi connectivity index (χ2v) is 12.4. The molecule has 9 nitrogen and oxygen atoms in total. The zero-order chi connectivity index (χ0) is 33.9. The van der Waals surface area contributed by atoms with Crippen LogP contribution in [0, 0.1) is 17.5 Å². The number of benzene rings is 3. The number of rotatable bonds is 11. The van der Waals surface area contributed by atoms with Gasteiger partial charge in [-0.15, -0.1) is 0 Å². The maximum atomic E-state index is 14.5. The van der Waals surface area contributed by atoms with Gasteiger partial charge in [-0.25, -0.2) is 18.4 Å². The van der Waals surface area contributed by atoms with Crippen LogP contribution in [0.25, 0.3) is 5.57 Å². The molecule has 3 aromatic rings. The van der Waals surface area contributed by atoms with Crippen LogP contribution in [0.3, 0.4) is 0 Å². The van der Waals surface area contributed by atoms with Crippen molar-refractivity contribution in [2.24, 2.45) is 0 Å². The Morgan fingerprint density at radius 1 is 0.833 bits per heavy atom. The van der Waals surface area contributed by atoms with Crippen LogP contribution >= 0.6 is 0 Å². The molecule has 0 aromatic heterocycles. The molecule has 1 aliphatic carbocycles. The number of fused-ring (bicyclic) bond motifs is 2. The van der Waals surface area contributed by atoms with E-state index in [1.165, 1.54) is 9.80 Å². The van der Waals surface area contributed by atoms with Crippen molar-refractivity contribution < 1.29 is 42.5 Å². The van der Waals surface area contributed by atoms with Gasteiger partial charge in [-0.3, -0.25) is 9.69 Å². The van der Waals surface area contributed by atoms with E-state index in [0.717, 1.165) is 35.6 Å². The average molecular weight is 664 g/mol. The number of carboxylic acid groups (broad SMARTS) is 2. The van der Waals surface area contributed by atoms with Crippen LogP contribution in [-0.4, -0.2) is 87.4 Å². The zero-order valence-electron chi connectivity index (χ0n) is 26.2. The van der Waals surface area contributed by atoms with Crippen molar-refractivity contribution in [2.45, 2.75) is 56.7 Å². The van der Waals surface area contributed by atoms with Gasteiger partial charge in [0.05, 0.1) is 18.7 Å². The maximum Gasteiger partial charge on any atom is 0.408 e. The summed E-state index contributed by atoms with van der Waals surface area (Å²) in [4.78, 5) is 43.4. The summed E-state index contributed by atoms with van der Waals surface area (Å²) in [7, 11) is 0. The summed E-state index contributed by atoms with van der Waals surface area (Å²) in [6.07, 6.45) is 1.00. The van der Waals surface area contributed by atoms with Crippen LogP contribution < -0.4 is 4.74 Å². The van der Waals surface area contributed by atoms with Crippen LogP contribution in [-0.2, 0) is 17.6 Å². The first-order chi connectivity index (χ1) is 23.1. The molecule has 3 aromatic carbocycles. The van der Waals surface area contributed by atoms with Gasteiger partial charge in [-0.05, 0) is 72.9 Å². The molecular formula is C36H36F3N3O6. The van der Waals surface area contributed by atoms with E-state index in [0.29, 0.717) is 43.0 Å². The Kier molecular flexibility index (Phi) is 9.61. The quantitative estimate of drug-likeness (QED) is 0.186. The second kappa shape index (κ2) is 14.0. The van der Waals surface area contributed by atoms with Crippen molar-refractivity contribution in [1.29, 1.82) is 0 Å². The third-order valence-electron chi connectivity index (χ3n) is 9.27. The molecule has 6 rings (SSSR count). The van der Waals surface area contributed by atoms with E-state index < -0.39 is 47.5 Å². The number of aryl methyl sites for hydroxylation is 1. The minimum absolute atomic E-state index is 0.00592. The summed E-state index contributed by atoms with van der Waals surface area (Å²) in [6.45, 7) is 0.246. The fourth-order valence-electron chi connectivity index (χ4n) is 6.75. The molecule has 3 aliphatic rings. The highest BCUT2D eigenvalue weighted by Crippen LogP contribution is 2.41. The van der Waals surface area contributed by atoms with Crippen molar-refractivity contribution >= 4 is 23.7 Å². The fourth-order valence-corrected chi connectivity index (χ4v) is 6.75. The molecule has 0 radical (unpaired) electrons. The van der Waals surface area contributed by atoms with Crippen LogP contribution in [0.5, 0.6) is 5.75 Å². The summed E-state index contributed by atoms with van der Waals surface area (Å²) in [6, 6.07) is 17.1. The highest BCUT2D eigenvalue weighted by Gasteiger charge is 2.49. The van der Waals surface area contributed by atoms with E-state index in [9.17, 15) is 37.8 Å². The number of amides is 3. The number of halogens is 3. The van der Waals surface area contributed by atoms with Crippen LogP contribution in [0.15, 0.2) is 72.3 Å². The molecule has 12 heteroatoms. The summed E-state index contributed by atoms with van der Waals surface area (Å²) >= 11 is 0. The largest absolute Gasteiger partial charge is 0.488 e. The molecule has 2 atom stereocenters. The molecule has 1 saturated carbocycles. The number of carbonyl (C=O) groups excluding carboxylic acids is 1. The van der Waals surface area contributed by atoms with Crippen LogP contribution in [0.4, 0.5) is 22.8 Å². The molecule has 0 spiro atoms. The lowest BCUT2D eigenvalue weighted by Gasteiger charge is -2.49. The van der Waals surface area contributed by atoms with E-state index in [-0.39, 0.29) is 38.1 Å². The van der Waals surface area contributed by atoms with E-state index >= 15 is 0 Å². The first-order valence-electron chi connectivity index (χ1n) is 16.0. The lowest BCUT2D eigenvalue weighted by molar-refractivity contribution is -0.128. The molecular weight excluding hydrogens is 627 g/mol. The van der Waals surface area contributed by atoms with Gasteiger partial charge in [0, 0.05) is 31.2 Å². The molecule has 1 saturated heterocycles. The van der Waals surface area contributed by atoms with Gasteiger partial charge in [0.1, 0.15) is 0 Å². The zero-order valence-corrected chi connectivity index (χ0v) is 26.2. The van der Waals surface area contributed by atoms with E-state index in [1.54, 1.807) is 0 Å². The smallest absolute Gasteiger partial charge is 0.408 e. The Hall–Kier alpha value is -5.00. The lowest BCUT2D eigenvalue weighted by Crippen LogP contribution is -2.65. The summed E-state index contributed by atoms with van der Waals surface area (Å²) in [5.74, 6) is -4.58. The van der Waals surface area contributed by atoms with Gasteiger partial charge < -0.3 is 24.7 Å². The SMILES string of the molecule is O=C(O)N1C[C@H]2CC(c3ccc(CCCOc4c(F)ccc(F)c4F)cc3)=C(C(=O)N(CCc3ccccc3)C3CC3)[C@@H](C1)N2C(=O)O. The van der Waals surface area contributed by atoms with Gasteiger partial charge in [0.25, 0.3) is 5.91 Å². The van der Waals surface area contributed by atoms with Gasteiger partial charge in [0.15, 0.2) is 17.4 Å². The molecule has 252 valence electrons. The Labute approximate surface area is 275 Å². The van der Waals surface area contributed by atoms with Gasteiger partial charge in [-0.2, -0.15) is 4.39 Å². The molecule has 2 heterocycles. The van der Waals surface area contributed by atoms with Gasteiger partial charge in [0.2, 0.25) is 5.82 Å². The highest BCUT2D eigenvalue weighted by atomic mass is 19.2. The minimum Gasteiger partial charge on any atom is -0.488 e. The monoisotopic (exact) mass is 663 g/mol. The number of nitrogens with zero attached hydrogens (tertiary/aromatic N) is 3. The number of hydrogen-bond donors (Lipinski definition) is 2. The van der Waals surface area contributed by atoms with Crippen LogP contribution in [0.2, 0.25) is 0 Å². The van der Waals surface area contributed by atoms with Crippen molar-refractivity contribution in [3.05, 3.63) is 106 Å². The van der Waals surface area contributed by atoms with E-state index in [4.69, 9.17) is 4.74 Å². The lowest BCUT2D eigenvalue weighted by atomic mass is 9.81. The number of hydrogen-bond acceptors (Lipinski definition) is 4. The molecule has 2 N–H and O–H groups in total. The van der Waals surface area contributed by atoms with Crippen molar-refractivity contribution in [3.8, 4) is 5.75 Å². The van der Waals surface area contributed by atoms with Crippen molar-refractivity contribution in [2.75, 3.05) is 26.2 Å². The highest BCUT2D eigenvalue weighted by molar-refractivity contribution is 6.04. The predicted octanol–water partition coefficient (Wildman–Crippen LogP) is 6.22. The Morgan fingerprint density at radius 2 is 1.52 bits per heavy atom. The van der Waals surface area contributed by atoms with E-state index in [1.807, 2.05) is 59.5 Å². The third-order valence-corrected chi connectivity index (χ3v) is 9.27. The maximum absolute atomic E-state index is 14.5. The Morgan fingerprint density at radius 3 is 2.19 bits per heavy atom. The third kappa shape index (κ3) is 6.97. The molecule has 48 heavy (non-hydrogen) atoms. The summed E-state index contributed by atoms with van der Waals surface area (Å²) in [5.41, 5.74) is 3.71. The normalized spacial score (nSPS) is 18.9. The van der Waals surface area contributed by atoms with Crippen LogP contribution in [0.1, 0.15) is 42.4 Å². The van der Waals surface area contributed by atoms with Crippen molar-refractivity contribution in [3.63, 3.8) is 0 Å². The minimum atomic E-state index is -1.37. The molecule has 3 amide bonds. The standard InChI is InChI=1S/C36H36F3N3O6/c37-28-14-15-29(38)33(32(28)39)48-18-4-7-23-8-10-24(11-9-23)27-19-26-20-40(35(44)45)21-30(42(26)36(46)47)31(27)34(43)41(25-12-13-25)17-16-22-5-2-1-3-6-22/h1-3,5-6,8-11,14-15,25-26,30H,4,7,12-13,16-21H2,(H,44,45)(H,46,47)/t26-,30-/m1/s1. The second-order valence-electron chi connectivity index (χ2n) is 12.4.